The molecule has 0 fully saturated rings. The lowest BCUT2D eigenvalue weighted by Gasteiger charge is -2.04. The third-order valence-corrected chi connectivity index (χ3v) is 3.02. The van der Waals surface area contributed by atoms with E-state index >= 15 is 0 Å². The van der Waals surface area contributed by atoms with Gasteiger partial charge in [-0.25, -0.2) is 0 Å². The van der Waals surface area contributed by atoms with Crippen LogP contribution in [0.5, 0.6) is 11.5 Å². The average molecular weight is 256 g/mol. The van der Waals surface area contributed by atoms with Gasteiger partial charge >= 0.3 is 5.97 Å². The van der Waals surface area contributed by atoms with Crippen molar-refractivity contribution < 1.29 is 19.4 Å². The summed E-state index contributed by atoms with van der Waals surface area (Å²) < 4.78 is 10.6. The summed E-state index contributed by atoms with van der Waals surface area (Å²) in [7, 11) is 0. The maximum absolute atomic E-state index is 10.6. The first-order chi connectivity index (χ1) is 9.22. The van der Waals surface area contributed by atoms with Crippen molar-refractivity contribution in [2.24, 2.45) is 0 Å². The number of hydrogen-bond acceptors (Lipinski definition) is 3. The molecule has 0 saturated heterocycles. The molecule has 0 bridgehead atoms. The fourth-order valence-corrected chi connectivity index (χ4v) is 2.07. The molecule has 1 heterocycles. The Hall–Kier alpha value is -2.49. The predicted molar refractivity (Wildman–Crippen MR) is 69.3 cm³/mol. The van der Waals surface area contributed by atoms with Crippen LogP contribution in [0.4, 0.5) is 0 Å². The van der Waals surface area contributed by atoms with Crippen molar-refractivity contribution in [3.8, 4) is 22.6 Å². The lowest BCUT2D eigenvalue weighted by Crippen LogP contribution is -1.99. The van der Waals surface area contributed by atoms with Crippen LogP contribution in [0.3, 0.4) is 0 Å². The zero-order valence-corrected chi connectivity index (χ0v) is 10.1. The molecule has 0 spiro atoms. The lowest BCUT2D eigenvalue weighted by atomic mass is 10.0. The van der Waals surface area contributed by atoms with Gasteiger partial charge in [0.1, 0.15) is 0 Å². The van der Waals surface area contributed by atoms with E-state index in [1.807, 2.05) is 42.5 Å². The van der Waals surface area contributed by atoms with E-state index in [4.69, 9.17) is 14.6 Å². The summed E-state index contributed by atoms with van der Waals surface area (Å²) in [6.07, 6.45) is 0.0431. The van der Waals surface area contributed by atoms with Gasteiger partial charge in [-0.05, 0) is 28.8 Å². The SMILES string of the molecule is O=C(O)Cc1ccc(-c2ccc3c(c2)OCO3)cc1. The zero-order chi connectivity index (χ0) is 13.2. The minimum absolute atomic E-state index is 0.0431. The number of hydrogen-bond donors (Lipinski definition) is 1. The summed E-state index contributed by atoms with van der Waals surface area (Å²) >= 11 is 0. The van der Waals surface area contributed by atoms with Crippen LogP contribution in [-0.2, 0) is 11.2 Å². The molecule has 1 N–H and O–H groups in total. The van der Waals surface area contributed by atoms with E-state index in [2.05, 4.69) is 0 Å². The second kappa shape index (κ2) is 4.65. The highest BCUT2D eigenvalue weighted by molar-refractivity contribution is 5.72. The van der Waals surface area contributed by atoms with Gasteiger partial charge in [-0.15, -0.1) is 0 Å². The lowest BCUT2D eigenvalue weighted by molar-refractivity contribution is -0.136. The molecule has 1 aliphatic rings. The molecule has 0 aromatic heterocycles. The zero-order valence-electron chi connectivity index (χ0n) is 10.1. The van der Waals surface area contributed by atoms with Crippen LogP contribution in [0, 0.1) is 0 Å². The van der Waals surface area contributed by atoms with Crippen LogP contribution in [0.25, 0.3) is 11.1 Å². The number of rotatable bonds is 3. The molecule has 2 aromatic carbocycles. The van der Waals surface area contributed by atoms with Crippen LogP contribution in [0.1, 0.15) is 5.56 Å². The fraction of sp³-hybridized carbons (Fsp3) is 0.133. The molecule has 4 nitrogen and oxygen atoms in total. The molecule has 0 radical (unpaired) electrons. The first-order valence-electron chi connectivity index (χ1n) is 5.93. The maximum atomic E-state index is 10.6. The Kier molecular flexibility index (Phi) is 2.83. The highest BCUT2D eigenvalue weighted by Crippen LogP contribution is 2.35. The van der Waals surface area contributed by atoms with Crippen molar-refractivity contribution in [1.82, 2.24) is 0 Å². The molecule has 1 aliphatic heterocycles. The Bertz CT molecular complexity index is 617. The molecular weight excluding hydrogens is 244 g/mol. The van der Waals surface area contributed by atoms with Gasteiger partial charge in [0.25, 0.3) is 0 Å². The van der Waals surface area contributed by atoms with Crippen molar-refractivity contribution in [2.45, 2.75) is 6.42 Å². The van der Waals surface area contributed by atoms with E-state index in [1.54, 1.807) is 0 Å². The van der Waals surface area contributed by atoms with Crippen LogP contribution >= 0.6 is 0 Å². The standard InChI is InChI=1S/C15H12O4/c16-15(17)7-10-1-3-11(4-2-10)12-5-6-13-14(8-12)19-9-18-13/h1-6,8H,7,9H2,(H,16,17). The van der Waals surface area contributed by atoms with Crippen molar-refractivity contribution in [2.75, 3.05) is 6.79 Å². The second-order valence-corrected chi connectivity index (χ2v) is 4.34. The summed E-state index contributed by atoms with van der Waals surface area (Å²) in [6, 6.07) is 13.2. The number of carboxylic acids is 1. The van der Waals surface area contributed by atoms with E-state index in [1.165, 1.54) is 0 Å². The van der Waals surface area contributed by atoms with E-state index in [0.29, 0.717) is 0 Å². The molecule has 3 rings (SSSR count). The molecule has 4 heteroatoms. The van der Waals surface area contributed by atoms with E-state index in [9.17, 15) is 4.79 Å². The quantitative estimate of drug-likeness (QED) is 0.917. The highest BCUT2D eigenvalue weighted by Gasteiger charge is 2.13. The van der Waals surface area contributed by atoms with E-state index in [-0.39, 0.29) is 13.2 Å². The highest BCUT2D eigenvalue weighted by atomic mass is 16.7. The maximum Gasteiger partial charge on any atom is 0.307 e. The number of fused-ring (bicyclic) bond motifs is 1. The van der Waals surface area contributed by atoms with Crippen LogP contribution in [-0.4, -0.2) is 17.9 Å². The summed E-state index contributed by atoms with van der Waals surface area (Å²) in [5, 5.41) is 8.73. The van der Waals surface area contributed by atoms with Crippen LogP contribution < -0.4 is 9.47 Å². The smallest absolute Gasteiger partial charge is 0.307 e. The average Bonchev–Trinajstić information content (AvgIpc) is 2.86. The van der Waals surface area contributed by atoms with Gasteiger partial charge in [0, 0.05) is 0 Å². The van der Waals surface area contributed by atoms with Gasteiger partial charge in [0.05, 0.1) is 6.42 Å². The number of aliphatic carboxylic acids is 1. The second-order valence-electron chi connectivity index (χ2n) is 4.34. The van der Waals surface area contributed by atoms with Gasteiger partial charge in [-0.1, -0.05) is 30.3 Å². The van der Waals surface area contributed by atoms with Gasteiger partial charge in [-0.2, -0.15) is 0 Å². The number of benzene rings is 2. The summed E-state index contributed by atoms with van der Waals surface area (Å²) in [4.78, 5) is 10.6. The largest absolute Gasteiger partial charge is 0.481 e. The van der Waals surface area contributed by atoms with Crippen LogP contribution in [0.2, 0.25) is 0 Å². The van der Waals surface area contributed by atoms with Crippen molar-refractivity contribution in [1.29, 1.82) is 0 Å². The molecule has 96 valence electrons. The predicted octanol–water partition coefficient (Wildman–Crippen LogP) is 2.71. The van der Waals surface area contributed by atoms with E-state index in [0.717, 1.165) is 28.2 Å². The Morgan fingerprint density at radius 2 is 1.68 bits per heavy atom. The van der Waals surface area contributed by atoms with Crippen molar-refractivity contribution in [3.63, 3.8) is 0 Å². The minimum Gasteiger partial charge on any atom is -0.481 e. The normalized spacial score (nSPS) is 12.4. The third-order valence-electron chi connectivity index (χ3n) is 3.02. The van der Waals surface area contributed by atoms with Crippen LogP contribution in [0.15, 0.2) is 42.5 Å². The van der Waals surface area contributed by atoms with Gasteiger partial charge in [0.2, 0.25) is 6.79 Å². The molecule has 0 aliphatic carbocycles. The molecule has 0 saturated carbocycles. The molecular formula is C15H12O4. The van der Waals surface area contributed by atoms with Crippen molar-refractivity contribution in [3.05, 3.63) is 48.0 Å². The van der Waals surface area contributed by atoms with Crippen molar-refractivity contribution >= 4 is 5.97 Å². The molecule has 2 aromatic rings. The molecule has 0 unspecified atom stereocenters. The molecule has 19 heavy (non-hydrogen) atoms. The molecule has 0 amide bonds. The minimum atomic E-state index is -0.823. The summed E-state index contributed by atoms with van der Waals surface area (Å²) in [6.45, 7) is 0.260. The Balaban J connectivity index is 1.88. The first kappa shape index (κ1) is 11.6. The van der Waals surface area contributed by atoms with Gasteiger partial charge in [0.15, 0.2) is 11.5 Å². The monoisotopic (exact) mass is 256 g/mol. The Labute approximate surface area is 110 Å². The Morgan fingerprint density at radius 3 is 2.42 bits per heavy atom. The number of carboxylic acid groups (broad SMARTS) is 1. The van der Waals surface area contributed by atoms with Gasteiger partial charge < -0.3 is 14.6 Å². The number of ether oxygens (including phenoxy) is 2. The number of carbonyl (C=O) groups is 1. The molecule has 0 atom stereocenters. The van der Waals surface area contributed by atoms with E-state index < -0.39 is 5.97 Å². The fourth-order valence-electron chi connectivity index (χ4n) is 2.07. The Morgan fingerprint density at radius 1 is 1.00 bits per heavy atom. The first-order valence-corrected chi connectivity index (χ1v) is 5.93. The summed E-state index contributed by atoms with van der Waals surface area (Å²) in [5.74, 6) is 0.675. The van der Waals surface area contributed by atoms with Gasteiger partial charge in [-0.3, -0.25) is 4.79 Å². The summed E-state index contributed by atoms with van der Waals surface area (Å²) in [5.41, 5.74) is 2.83. The topological polar surface area (TPSA) is 55.8 Å². The third kappa shape index (κ3) is 2.38.